The van der Waals surface area contributed by atoms with Gasteiger partial charge in [-0.2, -0.15) is 0 Å². The monoisotopic (exact) mass is 359 g/mol. The van der Waals surface area contributed by atoms with Gasteiger partial charge in [0.2, 0.25) is 0 Å². The number of carboxylic acids is 1. The van der Waals surface area contributed by atoms with Crippen molar-refractivity contribution in [3.05, 3.63) is 0 Å². The second kappa shape index (κ2) is 13.1. The van der Waals surface area contributed by atoms with E-state index >= 15 is 0 Å². The number of carbonyl (C=O) groups is 2. The summed E-state index contributed by atoms with van der Waals surface area (Å²) in [6.07, 6.45) is 6.64. The largest absolute Gasteiger partial charge is 0.550 e. The van der Waals surface area contributed by atoms with Crippen LogP contribution in [0.3, 0.4) is 0 Å². The summed E-state index contributed by atoms with van der Waals surface area (Å²) in [7, 11) is 5.71. The molecule has 0 fully saturated rings. The van der Waals surface area contributed by atoms with Crippen LogP contribution in [-0.4, -0.2) is 61.4 Å². The Labute approximate surface area is 152 Å². The molecule has 1 N–H and O–H groups in total. The maximum atomic E-state index is 11.9. The highest BCUT2D eigenvalue weighted by molar-refractivity contribution is 5.70. The van der Waals surface area contributed by atoms with Crippen LogP contribution < -0.4 is 5.11 Å². The van der Waals surface area contributed by atoms with E-state index in [1.165, 1.54) is 25.7 Å². The smallest absolute Gasteiger partial charge is 0.306 e. The topological polar surface area (TPSA) is 86.7 Å². The number of likely N-dealkylation sites (N-methyl/N-ethyl adjacent to an activating group) is 1. The van der Waals surface area contributed by atoms with Crippen LogP contribution in [0.1, 0.15) is 71.1 Å². The van der Waals surface area contributed by atoms with Crippen molar-refractivity contribution < 1.29 is 29.0 Å². The lowest BCUT2D eigenvalue weighted by atomic mass is 10.0. The van der Waals surface area contributed by atoms with Crippen LogP contribution in [0, 0.1) is 0 Å². The van der Waals surface area contributed by atoms with E-state index in [2.05, 4.69) is 6.92 Å². The number of hydrogen-bond acceptors (Lipinski definition) is 5. The van der Waals surface area contributed by atoms with Crippen molar-refractivity contribution in [1.82, 2.24) is 0 Å². The van der Waals surface area contributed by atoms with E-state index in [-0.39, 0.29) is 12.8 Å². The fourth-order valence-corrected chi connectivity index (χ4v) is 2.77. The standard InChI is InChI=1S/C19H37NO5/c1-5-6-7-8-9-10-11-16(21)12-13-19(24)25-17(14-18(22)23)15-20(2,3)4/h16-17,21H,5-15H2,1-4H3. The number of aliphatic hydroxyl groups excluding tert-OH is 1. The van der Waals surface area contributed by atoms with E-state index in [1.807, 2.05) is 21.1 Å². The maximum absolute atomic E-state index is 11.9. The summed E-state index contributed by atoms with van der Waals surface area (Å²) in [5, 5.41) is 20.8. The fourth-order valence-electron chi connectivity index (χ4n) is 2.77. The zero-order chi connectivity index (χ0) is 19.3. The number of carboxylic acid groups (broad SMARTS) is 1. The Hall–Kier alpha value is -1.14. The van der Waals surface area contributed by atoms with Crippen molar-refractivity contribution in [3.63, 3.8) is 0 Å². The Bertz CT molecular complexity index is 379. The summed E-state index contributed by atoms with van der Waals surface area (Å²) < 4.78 is 5.76. The molecular weight excluding hydrogens is 322 g/mol. The number of esters is 1. The maximum Gasteiger partial charge on any atom is 0.306 e. The second-order valence-electron chi connectivity index (χ2n) is 7.91. The van der Waals surface area contributed by atoms with Gasteiger partial charge in [0.05, 0.1) is 27.2 Å². The number of unbranched alkanes of at least 4 members (excludes halogenated alkanes) is 5. The van der Waals surface area contributed by atoms with E-state index in [4.69, 9.17) is 4.74 Å². The van der Waals surface area contributed by atoms with Crippen LogP contribution in [0.4, 0.5) is 0 Å². The van der Waals surface area contributed by atoms with Crippen LogP contribution >= 0.6 is 0 Å². The lowest BCUT2D eigenvalue weighted by molar-refractivity contribution is -0.873. The third-order valence-electron chi connectivity index (χ3n) is 4.02. The van der Waals surface area contributed by atoms with Gasteiger partial charge in [-0.15, -0.1) is 0 Å². The molecule has 0 bridgehead atoms. The molecular formula is C19H37NO5. The first kappa shape index (κ1) is 23.9. The first-order valence-electron chi connectivity index (χ1n) is 9.52. The number of aliphatic hydroxyl groups is 1. The molecule has 0 heterocycles. The van der Waals surface area contributed by atoms with E-state index in [9.17, 15) is 19.8 Å². The zero-order valence-corrected chi connectivity index (χ0v) is 16.5. The van der Waals surface area contributed by atoms with Gasteiger partial charge in [-0.3, -0.25) is 4.79 Å². The normalized spacial score (nSPS) is 14.1. The quantitative estimate of drug-likeness (QED) is 0.273. The summed E-state index contributed by atoms with van der Waals surface area (Å²) in [6.45, 7) is 2.58. The van der Waals surface area contributed by atoms with Crippen molar-refractivity contribution in [2.24, 2.45) is 0 Å². The average molecular weight is 360 g/mol. The van der Waals surface area contributed by atoms with E-state index in [0.717, 1.165) is 12.8 Å². The van der Waals surface area contributed by atoms with E-state index in [1.54, 1.807) is 0 Å². The molecule has 0 saturated heterocycles. The molecule has 0 aromatic heterocycles. The molecule has 0 aromatic carbocycles. The highest BCUT2D eigenvalue weighted by Gasteiger charge is 2.22. The van der Waals surface area contributed by atoms with Crippen molar-refractivity contribution in [2.75, 3.05) is 27.7 Å². The number of quaternary nitrogens is 1. The number of hydrogen-bond donors (Lipinski definition) is 1. The highest BCUT2D eigenvalue weighted by Crippen LogP contribution is 2.13. The molecule has 0 aliphatic carbocycles. The van der Waals surface area contributed by atoms with Crippen molar-refractivity contribution in [1.29, 1.82) is 0 Å². The van der Waals surface area contributed by atoms with Crippen LogP contribution in [0.2, 0.25) is 0 Å². The second-order valence-corrected chi connectivity index (χ2v) is 7.91. The molecule has 0 spiro atoms. The van der Waals surface area contributed by atoms with Crippen molar-refractivity contribution in [3.8, 4) is 0 Å². The van der Waals surface area contributed by atoms with Gasteiger partial charge < -0.3 is 24.2 Å². The molecule has 148 valence electrons. The van der Waals surface area contributed by atoms with E-state index in [0.29, 0.717) is 23.9 Å². The molecule has 0 aliphatic heterocycles. The Balaban J connectivity index is 4.02. The first-order valence-corrected chi connectivity index (χ1v) is 9.52. The fraction of sp³-hybridized carbons (Fsp3) is 0.895. The summed E-state index contributed by atoms with van der Waals surface area (Å²) in [6, 6.07) is 0. The molecule has 2 atom stereocenters. The van der Waals surface area contributed by atoms with Crippen LogP contribution in [0.5, 0.6) is 0 Å². The van der Waals surface area contributed by atoms with Gasteiger partial charge in [0.15, 0.2) is 6.10 Å². The number of aliphatic carboxylic acids is 1. The van der Waals surface area contributed by atoms with Crippen molar-refractivity contribution in [2.45, 2.75) is 83.3 Å². The van der Waals surface area contributed by atoms with Crippen LogP contribution in [0.25, 0.3) is 0 Å². The van der Waals surface area contributed by atoms with Gasteiger partial charge in [-0.1, -0.05) is 45.4 Å². The third kappa shape index (κ3) is 16.1. The summed E-state index contributed by atoms with van der Waals surface area (Å²) in [4.78, 5) is 22.7. The van der Waals surface area contributed by atoms with Gasteiger partial charge >= 0.3 is 5.97 Å². The Morgan fingerprint density at radius 1 is 1.04 bits per heavy atom. The molecule has 0 aliphatic rings. The summed E-state index contributed by atoms with van der Waals surface area (Å²) in [5.74, 6) is -1.68. The number of carbonyl (C=O) groups excluding carboxylic acids is 2. The van der Waals surface area contributed by atoms with E-state index < -0.39 is 24.1 Å². The minimum atomic E-state index is -1.23. The van der Waals surface area contributed by atoms with Crippen LogP contribution in [-0.2, 0) is 14.3 Å². The zero-order valence-electron chi connectivity index (χ0n) is 16.5. The Morgan fingerprint density at radius 2 is 1.64 bits per heavy atom. The SMILES string of the molecule is CCCCCCCCC(O)CCC(=O)OC(CC(=O)[O-])C[N+](C)(C)C. The first-order chi connectivity index (χ1) is 11.6. The van der Waals surface area contributed by atoms with Gasteiger partial charge in [0, 0.05) is 18.8 Å². The molecule has 25 heavy (non-hydrogen) atoms. The van der Waals surface area contributed by atoms with Gasteiger partial charge in [-0.25, -0.2) is 0 Å². The number of nitrogens with zero attached hydrogens (tertiary/aromatic N) is 1. The van der Waals surface area contributed by atoms with Gasteiger partial charge in [-0.05, 0) is 12.8 Å². The molecule has 0 amide bonds. The molecule has 0 rings (SSSR count). The predicted molar refractivity (Wildman–Crippen MR) is 95.6 cm³/mol. The van der Waals surface area contributed by atoms with Crippen molar-refractivity contribution >= 4 is 11.9 Å². The Kier molecular flexibility index (Phi) is 12.5. The lowest BCUT2D eigenvalue weighted by Gasteiger charge is -2.29. The third-order valence-corrected chi connectivity index (χ3v) is 4.02. The minimum absolute atomic E-state index is 0.109. The highest BCUT2D eigenvalue weighted by atomic mass is 16.5. The Morgan fingerprint density at radius 3 is 2.20 bits per heavy atom. The molecule has 0 saturated carbocycles. The summed E-state index contributed by atoms with van der Waals surface area (Å²) in [5.41, 5.74) is 0. The van der Waals surface area contributed by atoms with Crippen LogP contribution in [0.15, 0.2) is 0 Å². The van der Waals surface area contributed by atoms with Gasteiger partial charge in [0.25, 0.3) is 0 Å². The molecule has 6 nitrogen and oxygen atoms in total. The molecule has 0 radical (unpaired) electrons. The number of rotatable bonds is 15. The average Bonchev–Trinajstić information content (AvgIpc) is 2.46. The molecule has 0 aromatic rings. The number of ether oxygens (including phenoxy) is 1. The molecule has 2 unspecified atom stereocenters. The van der Waals surface area contributed by atoms with Gasteiger partial charge in [0.1, 0.15) is 6.54 Å². The minimum Gasteiger partial charge on any atom is -0.550 e. The predicted octanol–water partition coefficient (Wildman–Crippen LogP) is 1.64. The summed E-state index contributed by atoms with van der Waals surface area (Å²) >= 11 is 0. The lowest BCUT2D eigenvalue weighted by Crippen LogP contribution is -2.45. The molecule has 6 heteroatoms.